The van der Waals surface area contributed by atoms with Crippen LogP contribution in [-0.2, 0) is 21.4 Å². The van der Waals surface area contributed by atoms with Gasteiger partial charge in [0.25, 0.3) is 10.2 Å². The highest BCUT2D eigenvalue weighted by atomic mass is 32.2. The summed E-state index contributed by atoms with van der Waals surface area (Å²) in [7, 11) is -1.43. The molecule has 2 saturated heterocycles. The number of piperazine rings is 2. The highest BCUT2D eigenvalue weighted by Gasteiger charge is 2.34. The molecule has 0 unspecified atom stereocenters. The molecule has 0 bridgehead atoms. The van der Waals surface area contributed by atoms with E-state index in [1.54, 1.807) is 9.21 Å². The van der Waals surface area contributed by atoms with Crippen LogP contribution in [0.2, 0.25) is 0 Å². The quantitative estimate of drug-likeness (QED) is 0.775. The predicted octanol–water partition coefficient (Wildman–Crippen LogP) is 0.737. The van der Waals surface area contributed by atoms with Crippen LogP contribution in [0.1, 0.15) is 12.0 Å². The third-order valence-electron chi connectivity index (χ3n) is 5.99. The molecule has 8 nitrogen and oxygen atoms in total. The number of H-pyrrole nitrogens is 1. The number of carbonyl (C=O) groups is 1. The lowest BCUT2D eigenvalue weighted by molar-refractivity contribution is -0.132. The Labute approximate surface area is 172 Å². The van der Waals surface area contributed by atoms with E-state index in [4.69, 9.17) is 0 Å². The number of aryl methyl sites for hydroxylation is 1. The Morgan fingerprint density at radius 1 is 0.966 bits per heavy atom. The summed E-state index contributed by atoms with van der Waals surface area (Å²) >= 11 is 0. The van der Waals surface area contributed by atoms with Gasteiger partial charge in [-0.1, -0.05) is 18.2 Å². The first-order valence-electron chi connectivity index (χ1n) is 10.2. The number of nitrogens with zero attached hydrogens (tertiary/aromatic N) is 4. The first-order chi connectivity index (χ1) is 13.9. The van der Waals surface area contributed by atoms with Crippen molar-refractivity contribution in [1.29, 1.82) is 0 Å². The van der Waals surface area contributed by atoms with Crippen LogP contribution in [0, 0.1) is 0 Å². The van der Waals surface area contributed by atoms with Gasteiger partial charge >= 0.3 is 0 Å². The van der Waals surface area contributed by atoms with E-state index in [9.17, 15) is 13.2 Å². The average molecular weight is 420 g/mol. The molecule has 0 saturated carbocycles. The molecule has 2 aliphatic rings. The van der Waals surface area contributed by atoms with Crippen molar-refractivity contribution in [1.82, 2.24) is 23.4 Å². The van der Waals surface area contributed by atoms with Crippen LogP contribution in [0.25, 0.3) is 10.9 Å². The number of rotatable bonds is 5. The fourth-order valence-corrected chi connectivity index (χ4v) is 5.66. The molecule has 0 atom stereocenters. The molecule has 1 aromatic heterocycles. The second-order valence-electron chi connectivity index (χ2n) is 7.85. The number of fused-ring (bicyclic) bond motifs is 1. The van der Waals surface area contributed by atoms with Gasteiger partial charge in [-0.25, -0.2) is 0 Å². The van der Waals surface area contributed by atoms with Crippen molar-refractivity contribution in [3.8, 4) is 0 Å². The first kappa shape index (κ1) is 20.3. The predicted molar refractivity (Wildman–Crippen MR) is 113 cm³/mol. The van der Waals surface area contributed by atoms with Crippen molar-refractivity contribution in [2.45, 2.75) is 12.8 Å². The summed E-state index contributed by atoms with van der Waals surface area (Å²) in [6, 6.07) is 8.08. The second kappa shape index (κ2) is 8.43. The van der Waals surface area contributed by atoms with Crippen LogP contribution in [0.4, 0.5) is 0 Å². The molecule has 3 heterocycles. The Kier molecular flexibility index (Phi) is 5.91. The zero-order valence-electron chi connectivity index (χ0n) is 16.9. The lowest BCUT2D eigenvalue weighted by atomic mass is 10.1. The maximum atomic E-state index is 12.9. The van der Waals surface area contributed by atoms with Gasteiger partial charge in [-0.3, -0.25) is 4.79 Å². The van der Waals surface area contributed by atoms with E-state index < -0.39 is 10.2 Å². The van der Waals surface area contributed by atoms with Crippen molar-refractivity contribution in [3.63, 3.8) is 0 Å². The van der Waals surface area contributed by atoms with Gasteiger partial charge in [-0.15, -0.1) is 0 Å². The summed E-state index contributed by atoms with van der Waals surface area (Å²) in [4.78, 5) is 19.8. The highest BCUT2D eigenvalue weighted by Crippen LogP contribution is 2.20. The van der Waals surface area contributed by atoms with Crippen LogP contribution in [0.15, 0.2) is 30.5 Å². The molecule has 29 heavy (non-hydrogen) atoms. The topological polar surface area (TPSA) is 80.0 Å². The molecule has 9 heteroatoms. The standard InChI is InChI=1S/C20H29N5O3S/c1-22-8-12-24(13-9-22)29(27,28)25-14-10-23(11-15-25)20(26)7-6-17-16-21-19-5-3-2-4-18(17)19/h2-5,16,21H,6-15H2,1H3. The zero-order valence-corrected chi connectivity index (χ0v) is 17.7. The summed E-state index contributed by atoms with van der Waals surface area (Å²) in [5.41, 5.74) is 2.22. The Morgan fingerprint density at radius 3 is 2.28 bits per heavy atom. The minimum Gasteiger partial charge on any atom is -0.361 e. The third-order valence-corrected chi connectivity index (χ3v) is 8.02. The molecule has 4 rings (SSSR count). The minimum absolute atomic E-state index is 0.0897. The van der Waals surface area contributed by atoms with Crippen LogP contribution in [0.3, 0.4) is 0 Å². The molecule has 0 spiro atoms. The van der Waals surface area contributed by atoms with Gasteiger partial charge in [0, 0.05) is 75.9 Å². The summed E-state index contributed by atoms with van der Waals surface area (Å²) < 4.78 is 28.8. The summed E-state index contributed by atoms with van der Waals surface area (Å²) in [6.45, 7) is 4.22. The number of nitrogens with one attached hydrogen (secondary N) is 1. The number of aromatic amines is 1. The molecule has 1 N–H and O–H groups in total. The van der Waals surface area contributed by atoms with Crippen LogP contribution < -0.4 is 0 Å². The van der Waals surface area contributed by atoms with Gasteiger partial charge in [0.05, 0.1) is 0 Å². The van der Waals surface area contributed by atoms with Gasteiger partial charge in [0.15, 0.2) is 0 Å². The van der Waals surface area contributed by atoms with Crippen molar-refractivity contribution in [3.05, 3.63) is 36.0 Å². The molecule has 2 aromatic rings. The van der Waals surface area contributed by atoms with Gasteiger partial charge < -0.3 is 14.8 Å². The molecular weight excluding hydrogens is 390 g/mol. The number of aromatic nitrogens is 1. The number of para-hydroxylation sites is 1. The Morgan fingerprint density at radius 2 is 1.59 bits per heavy atom. The van der Waals surface area contributed by atoms with Crippen molar-refractivity contribution in [2.24, 2.45) is 0 Å². The lowest BCUT2D eigenvalue weighted by Gasteiger charge is -2.39. The largest absolute Gasteiger partial charge is 0.361 e. The molecular formula is C20H29N5O3S. The molecule has 0 radical (unpaired) electrons. The highest BCUT2D eigenvalue weighted by molar-refractivity contribution is 7.86. The number of carbonyl (C=O) groups excluding carboxylic acids is 1. The summed E-state index contributed by atoms with van der Waals surface area (Å²) in [6.07, 6.45) is 3.09. The third kappa shape index (κ3) is 4.32. The Balaban J connectivity index is 1.29. The van der Waals surface area contributed by atoms with Gasteiger partial charge in [0.1, 0.15) is 0 Å². The lowest BCUT2D eigenvalue weighted by Crippen LogP contribution is -2.57. The number of likely N-dealkylation sites (N-methyl/N-ethyl adjacent to an activating group) is 1. The number of hydrogen-bond donors (Lipinski definition) is 1. The Bertz CT molecular complexity index is 957. The monoisotopic (exact) mass is 419 g/mol. The van der Waals surface area contributed by atoms with Crippen LogP contribution in [-0.4, -0.2) is 97.1 Å². The van der Waals surface area contributed by atoms with Crippen molar-refractivity contribution < 1.29 is 13.2 Å². The Hall–Kier alpha value is -1.94. The smallest absolute Gasteiger partial charge is 0.282 e. The van der Waals surface area contributed by atoms with Crippen LogP contribution in [0.5, 0.6) is 0 Å². The second-order valence-corrected chi connectivity index (χ2v) is 9.78. The molecule has 2 aliphatic heterocycles. The number of hydrogen-bond acceptors (Lipinski definition) is 4. The van der Waals surface area contributed by atoms with Crippen molar-refractivity contribution >= 4 is 27.0 Å². The SMILES string of the molecule is CN1CCN(S(=O)(=O)N2CCN(C(=O)CCc3c[nH]c4ccccc34)CC2)CC1. The van der Waals surface area contributed by atoms with Crippen molar-refractivity contribution in [2.75, 3.05) is 59.4 Å². The normalized spacial score (nSPS) is 20.4. The van der Waals surface area contributed by atoms with Crippen LogP contribution >= 0.6 is 0 Å². The zero-order chi connectivity index (χ0) is 20.4. The van der Waals surface area contributed by atoms with E-state index in [0.29, 0.717) is 52.1 Å². The van der Waals surface area contributed by atoms with E-state index in [0.717, 1.165) is 29.6 Å². The molecule has 2 fully saturated rings. The first-order valence-corrected chi connectivity index (χ1v) is 11.6. The van der Waals surface area contributed by atoms with E-state index in [1.165, 1.54) is 4.31 Å². The maximum Gasteiger partial charge on any atom is 0.282 e. The van der Waals surface area contributed by atoms with Gasteiger partial charge in [-0.05, 0) is 25.1 Å². The van der Waals surface area contributed by atoms with Gasteiger partial charge in [-0.2, -0.15) is 17.0 Å². The van der Waals surface area contributed by atoms with E-state index >= 15 is 0 Å². The van der Waals surface area contributed by atoms with E-state index in [-0.39, 0.29) is 5.91 Å². The average Bonchev–Trinajstić information content (AvgIpc) is 3.15. The molecule has 0 aliphatic carbocycles. The summed E-state index contributed by atoms with van der Waals surface area (Å²) in [5.74, 6) is 0.0897. The molecule has 1 amide bonds. The molecule has 1 aromatic carbocycles. The molecule has 158 valence electrons. The van der Waals surface area contributed by atoms with E-state index in [2.05, 4.69) is 16.0 Å². The maximum absolute atomic E-state index is 12.9. The number of benzene rings is 1. The number of amides is 1. The summed E-state index contributed by atoms with van der Waals surface area (Å²) in [5, 5.41) is 1.16. The minimum atomic E-state index is -3.43. The fourth-order valence-electron chi connectivity index (χ4n) is 4.09. The van der Waals surface area contributed by atoms with Gasteiger partial charge in [0.2, 0.25) is 5.91 Å². The van der Waals surface area contributed by atoms with E-state index in [1.807, 2.05) is 31.4 Å². The fraction of sp³-hybridized carbons (Fsp3) is 0.550.